The molecule has 1 aromatic carbocycles. The number of amides is 3. The van der Waals surface area contributed by atoms with Crippen molar-refractivity contribution >= 4 is 79.4 Å². The molecule has 2 heterocycles. The van der Waals surface area contributed by atoms with Crippen LogP contribution in [0.2, 0.25) is 5.02 Å². The molecule has 1 N–H and O–H groups in total. The van der Waals surface area contributed by atoms with Crippen LogP contribution in [0.3, 0.4) is 0 Å². The van der Waals surface area contributed by atoms with Crippen LogP contribution < -0.4 is 5.32 Å². The van der Waals surface area contributed by atoms with Crippen LogP contribution in [0.5, 0.6) is 0 Å². The maximum Gasteiger partial charge on any atom is 0.294 e. The number of thiophene rings is 1. The summed E-state index contributed by atoms with van der Waals surface area (Å²) in [7, 11) is 0. The van der Waals surface area contributed by atoms with Crippen LogP contribution >= 0.6 is 50.6 Å². The van der Waals surface area contributed by atoms with Crippen molar-refractivity contribution in [1.29, 1.82) is 0 Å². The number of hydrogen-bond acceptors (Lipinski definition) is 5. The molecule has 3 rings (SSSR count). The van der Waals surface area contributed by atoms with E-state index in [-0.39, 0.29) is 6.54 Å². The molecule has 0 unspecified atom stereocenters. The summed E-state index contributed by atoms with van der Waals surface area (Å²) in [5.74, 6) is -0.968. The van der Waals surface area contributed by atoms with E-state index in [0.717, 1.165) is 25.3 Å². The molecule has 0 spiro atoms. The summed E-state index contributed by atoms with van der Waals surface area (Å²) in [5.41, 5.74) is 0.431. The first-order valence-electron chi connectivity index (χ1n) is 6.99. The zero-order chi connectivity index (χ0) is 18.0. The number of thioether (sulfide) groups is 1. The van der Waals surface area contributed by atoms with Gasteiger partial charge in [0, 0.05) is 4.88 Å². The van der Waals surface area contributed by atoms with Gasteiger partial charge in [0.15, 0.2) is 0 Å². The molecule has 25 heavy (non-hydrogen) atoms. The van der Waals surface area contributed by atoms with E-state index in [0.29, 0.717) is 15.6 Å². The maximum atomic E-state index is 12.4. The Balaban J connectivity index is 1.69. The van der Waals surface area contributed by atoms with Gasteiger partial charge in [-0.1, -0.05) is 23.7 Å². The first-order chi connectivity index (χ1) is 11.9. The van der Waals surface area contributed by atoms with Crippen molar-refractivity contribution in [3.8, 4) is 0 Å². The summed E-state index contributed by atoms with van der Waals surface area (Å²) in [6, 6.07) is 10.4. The Labute approximate surface area is 165 Å². The molecule has 3 amide bonds. The quantitative estimate of drug-likeness (QED) is 0.667. The highest BCUT2D eigenvalue weighted by Gasteiger charge is 2.36. The molecular formula is C16H10BrClN2O3S2. The Hall–Kier alpha value is -1.61. The predicted octanol–water partition coefficient (Wildman–Crippen LogP) is 4.84. The minimum absolute atomic E-state index is 0.296. The Morgan fingerprint density at radius 2 is 2.00 bits per heavy atom. The summed E-state index contributed by atoms with van der Waals surface area (Å²) < 4.78 is 0.928. The molecule has 1 aliphatic heterocycles. The Morgan fingerprint density at radius 1 is 1.24 bits per heavy atom. The minimum Gasteiger partial charge on any atom is -0.323 e. The van der Waals surface area contributed by atoms with Crippen LogP contribution in [0, 0.1) is 0 Å². The van der Waals surface area contributed by atoms with Crippen LogP contribution in [0.15, 0.2) is 45.1 Å². The highest BCUT2D eigenvalue weighted by Crippen LogP contribution is 2.34. The highest BCUT2D eigenvalue weighted by atomic mass is 79.9. The second kappa shape index (κ2) is 7.74. The second-order valence-electron chi connectivity index (χ2n) is 4.94. The molecule has 0 saturated carbocycles. The number of carbonyl (C=O) groups excluding carboxylic acids is 3. The Kier molecular flexibility index (Phi) is 5.63. The molecule has 0 aliphatic carbocycles. The van der Waals surface area contributed by atoms with Gasteiger partial charge < -0.3 is 5.32 Å². The van der Waals surface area contributed by atoms with Gasteiger partial charge in [0.05, 0.1) is 19.4 Å². The number of nitrogens with one attached hydrogen (secondary N) is 1. The molecular weight excluding hydrogens is 448 g/mol. The molecule has 128 valence electrons. The van der Waals surface area contributed by atoms with E-state index >= 15 is 0 Å². The van der Waals surface area contributed by atoms with Gasteiger partial charge in [0.1, 0.15) is 6.54 Å². The summed E-state index contributed by atoms with van der Waals surface area (Å²) >= 11 is 11.6. The molecule has 1 aromatic heterocycles. The van der Waals surface area contributed by atoms with E-state index in [9.17, 15) is 14.4 Å². The summed E-state index contributed by atoms with van der Waals surface area (Å²) in [6.07, 6.45) is 1.65. The lowest BCUT2D eigenvalue weighted by Crippen LogP contribution is -2.36. The van der Waals surface area contributed by atoms with Crippen molar-refractivity contribution in [2.75, 3.05) is 11.9 Å². The number of rotatable bonds is 4. The van der Waals surface area contributed by atoms with Crippen molar-refractivity contribution in [1.82, 2.24) is 4.90 Å². The first kappa shape index (κ1) is 18.2. The number of anilines is 1. The molecule has 5 nitrogen and oxygen atoms in total. The molecule has 1 aliphatic rings. The Morgan fingerprint density at radius 3 is 2.68 bits per heavy atom. The average molecular weight is 458 g/mol. The van der Waals surface area contributed by atoms with Gasteiger partial charge in [0.25, 0.3) is 11.1 Å². The molecule has 2 aromatic rings. The molecule has 9 heteroatoms. The standard InChI is InChI=1S/C16H10BrClN2O3S2/c17-13-6-5-9(24-13)7-12-15(22)20(16(23)25-12)8-14(21)19-11-4-2-1-3-10(11)18/h1-7H,8H2,(H,19,21)/b12-7+. The zero-order valence-electron chi connectivity index (χ0n) is 12.5. The normalized spacial score (nSPS) is 15.9. The van der Waals surface area contributed by atoms with E-state index < -0.39 is 17.1 Å². The minimum atomic E-state index is -0.490. The lowest BCUT2D eigenvalue weighted by Gasteiger charge is -2.13. The second-order valence-corrected chi connectivity index (χ2v) is 8.83. The SMILES string of the molecule is O=C(CN1C(=O)S/C(=C/c2ccc(Br)s2)C1=O)Nc1ccccc1Cl. The first-order valence-corrected chi connectivity index (χ1v) is 9.79. The number of carbonyl (C=O) groups is 3. The fourth-order valence-corrected chi connectivity index (χ4v) is 4.52. The van der Waals surface area contributed by atoms with Crippen LogP contribution in [0.1, 0.15) is 4.88 Å². The van der Waals surface area contributed by atoms with E-state index in [2.05, 4.69) is 21.2 Å². The van der Waals surface area contributed by atoms with Gasteiger partial charge in [0.2, 0.25) is 5.91 Å². The van der Waals surface area contributed by atoms with Gasteiger partial charge in [-0.3, -0.25) is 19.3 Å². The van der Waals surface area contributed by atoms with Crippen molar-refractivity contribution in [3.05, 3.63) is 55.0 Å². The van der Waals surface area contributed by atoms with Gasteiger partial charge in [-0.25, -0.2) is 0 Å². The zero-order valence-corrected chi connectivity index (χ0v) is 16.5. The van der Waals surface area contributed by atoms with Gasteiger partial charge in [-0.15, -0.1) is 11.3 Å². The average Bonchev–Trinajstić information content (AvgIpc) is 3.08. The van der Waals surface area contributed by atoms with Crippen LogP contribution in [0.25, 0.3) is 6.08 Å². The van der Waals surface area contributed by atoms with E-state index in [1.54, 1.807) is 30.3 Å². The van der Waals surface area contributed by atoms with Crippen LogP contribution in [-0.4, -0.2) is 28.5 Å². The number of hydrogen-bond donors (Lipinski definition) is 1. The lowest BCUT2D eigenvalue weighted by atomic mass is 10.3. The van der Waals surface area contributed by atoms with E-state index in [1.807, 2.05) is 12.1 Å². The van der Waals surface area contributed by atoms with E-state index in [1.165, 1.54) is 11.3 Å². The maximum absolute atomic E-state index is 12.4. The van der Waals surface area contributed by atoms with Gasteiger partial charge >= 0.3 is 0 Å². The fourth-order valence-electron chi connectivity index (χ4n) is 2.07. The monoisotopic (exact) mass is 456 g/mol. The van der Waals surface area contributed by atoms with Crippen molar-refractivity contribution < 1.29 is 14.4 Å². The fraction of sp³-hybridized carbons (Fsp3) is 0.0625. The number of imide groups is 1. The smallest absolute Gasteiger partial charge is 0.294 e. The summed E-state index contributed by atoms with van der Waals surface area (Å²) in [6.45, 7) is -0.360. The van der Waals surface area contributed by atoms with E-state index in [4.69, 9.17) is 11.6 Å². The Bertz CT molecular complexity index is 897. The number of para-hydroxylation sites is 1. The summed E-state index contributed by atoms with van der Waals surface area (Å²) in [5, 5.41) is 2.51. The number of nitrogens with zero attached hydrogens (tertiary/aromatic N) is 1. The third-order valence-electron chi connectivity index (χ3n) is 3.19. The summed E-state index contributed by atoms with van der Waals surface area (Å²) in [4.78, 5) is 38.6. The number of halogens is 2. The highest BCUT2D eigenvalue weighted by molar-refractivity contribution is 9.11. The van der Waals surface area contributed by atoms with Crippen molar-refractivity contribution in [2.45, 2.75) is 0 Å². The molecule has 1 saturated heterocycles. The lowest BCUT2D eigenvalue weighted by molar-refractivity contribution is -0.127. The third kappa shape index (κ3) is 4.33. The molecule has 0 atom stereocenters. The molecule has 0 bridgehead atoms. The third-order valence-corrected chi connectivity index (χ3v) is 6.00. The molecule has 1 fully saturated rings. The number of benzene rings is 1. The predicted molar refractivity (Wildman–Crippen MR) is 105 cm³/mol. The van der Waals surface area contributed by atoms with Gasteiger partial charge in [-0.2, -0.15) is 0 Å². The topological polar surface area (TPSA) is 66.5 Å². The largest absolute Gasteiger partial charge is 0.323 e. The van der Waals surface area contributed by atoms with Crippen molar-refractivity contribution in [2.24, 2.45) is 0 Å². The van der Waals surface area contributed by atoms with Crippen LogP contribution in [0.4, 0.5) is 10.5 Å². The van der Waals surface area contributed by atoms with Crippen molar-refractivity contribution in [3.63, 3.8) is 0 Å². The molecule has 0 radical (unpaired) electrons. The van der Waals surface area contributed by atoms with Gasteiger partial charge in [-0.05, 0) is 58.0 Å². The van der Waals surface area contributed by atoms with Crippen LogP contribution in [-0.2, 0) is 9.59 Å².